The quantitative estimate of drug-likeness (QED) is 0.280. The van der Waals surface area contributed by atoms with Crippen LogP contribution >= 0.6 is 0 Å². The normalized spacial score (nSPS) is 20.9. The summed E-state index contributed by atoms with van der Waals surface area (Å²) in [6.07, 6.45) is 1.06. The minimum atomic E-state index is -0.922. The molecule has 2 saturated heterocycles. The maximum atomic E-state index is 13.9. The van der Waals surface area contributed by atoms with Gasteiger partial charge in [0.05, 0.1) is 30.6 Å². The number of amides is 2. The molecule has 0 radical (unpaired) electrons. The number of benzene rings is 3. The monoisotopic (exact) mass is 500 g/mol. The topological polar surface area (TPSA) is 68.3 Å². The molecule has 0 N–H and O–H groups in total. The summed E-state index contributed by atoms with van der Waals surface area (Å²) < 4.78 is 11.9. The zero-order valence-corrected chi connectivity index (χ0v) is 21.4. The number of imide groups is 1. The lowest BCUT2D eigenvalue weighted by atomic mass is 9.90. The summed E-state index contributed by atoms with van der Waals surface area (Å²) in [7, 11) is 0. The number of rotatable bonds is 9. The van der Waals surface area contributed by atoms with Crippen LogP contribution in [0, 0.1) is 12.8 Å². The zero-order chi connectivity index (χ0) is 25.9. The summed E-state index contributed by atoms with van der Waals surface area (Å²) in [5, 5.41) is 1.70. The number of unbranched alkanes of at least 4 members (excludes halogenated alkanes) is 1. The standard InChI is InChI=1S/C30H32N2O5/c1-4-6-17-36-24-16-15-21(19-25(24)35-5-2)27-26-28(37-32(27)22-12-8-7-9-13-22)30(34)31(29(26)33)23-14-10-11-20(3)18-23/h7-16,18-19,26-28H,4-6,17H2,1-3H3/t26-,27-,28+/m0/s1. The van der Waals surface area contributed by atoms with Gasteiger partial charge in [-0.05, 0) is 67.8 Å². The van der Waals surface area contributed by atoms with Gasteiger partial charge in [-0.25, -0.2) is 9.96 Å². The Balaban J connectivity index is 1.55. The lowest BCUT2D eigenvalue weighted by Gasteiger charge is -2.29. The van der Waals surface area contributed by atoms with Crippen LogP contribution in [0.2, 0.25) is 0 Å². The number of nitrogens with zero attached hydrogens (tertiary/aromatic N) is 2. The first-order valence-corrected chi connectivity index (χ1v) is 12.9. The molecule has 192 valence electrons. The number of anilines is 2. The zero-order valence-electron chi connectivity index (χ0n) is 21.4. The van der Waals surface area contributed by atoms with Gasteiger partial charge in [-0.15, -0.1) is 0 Å². The number of hydrogen-bond acceptors (Lipinski definition) is 6. The Hall–Kier alpha value is -3.84. The first-order valence-electron chi connectivity index (χ1n) is 12.9. The van der Waals surface area contributed by atoms with Crippen molar-refractivity contribution in [2.75, 3.05) is 23.2 Å². The summed E-state index contributed by atoms with van der Waals surface area (Å²) in [5.74, 6) is -0.0655. The predicted molar refractivity (Wildman–Crippen MR) is 142 cm³/mol. The Kier molecular flexibility index (Phi) is 7.15. The van der Waals surface area contributed by atoms with Crippen molar-refractivity contribution in [3.8, 4) is 11.5 Å². The van der Waals surface area contributed by atoms with E-state index in [2.05, 4.69) is 6.92 Å². The molecule has 2 aliphatic rings. The van der Waals surface area contributed by atoms with Crippen molar-refractivity contribution >= 4 is 23.2 Å². The molecule has 3 atom stereocenters. The van der Waals surface area contributed by atoms with E-state index in [1.54, 1.807) is 11.1 Å². The number of para-hydroxylation sites is 1. The van der Waals surface area contributed by atoms with Crippen molar-refractivity contribution in [1.82, 2.24) is 0 Å². The highest BCUT2D eigenvalue weighted by Crippen LogP contribution is 2.48. The van der Waals surface area contributed by atoms with E-state index in [1.165, 1.54) is 4.90 Å². The molecule has 0 aromatic heterocycles. The van der Waals surface area contributed by atoms with Crippen LogP contribution in [-0.4, -0.2) is 31.1 Å². The Morgan fingerprint density at radius 1 is 0.838 bits per heavy atom. The number of carbonyl (C=O) groups excluding carboxylic acids is 2. The molecule has 2 amide bonds. The second kappa shape index (κ2) is 10.6. The summed E-state index contributed by atoms with van der Waals surface area (Å²) >= 11 is 0. The molecule has 2 fully saturated rings. The van der Waals surface area contributed by atoms with Crippen LogP contribution in [0.25, 0.3) is 0 Å². The minimum absolute atomic E-state index is 0.273. The molecular formula is C30H32N2O5. The van der Waals surface area contributed by atoms with Gasteiger partial charge in [0.15, 0.2) is 17.6 Å². The molecular weight excluding hydrogens is 468 g/mol. The number of ether oxygens (including phenoxy) is 2. The second-order valence-corrected chi connectivity index (χ2v) is 9.35. The Bertz CT molecular complexity index is 1280. The van der Waals surface area contributed by atoms with E-state index in [0.717, 1.165) is 29.7 Å². The lowest BCUT2D eigenvalue weighted by Crippen LogP contribution is -2.37. The van der Waals surface area contributed by atoms with Gasteiger partial charge in [0.2, 0.25) is 5.91 Å². The van der Waals surface area contributed by atoms with Gasteiger partial charge in [0, 0.05) is 0 Å². The number of aryl methyl sites for hydroxylation is 1. The van der Waals surface area contributed by atoms with Gasteiger partial charge in [-0.3, -0.25) is 14.4 Å². The third-order valence-electron chi connectivity index (χ3n) is 6.75. The minimum Gasteiger partial charge on any atom is -0.490 e. The van der Waals surface area contributed by atoms with Gasteiger partial charge in [-0.1, -0.05) is 49.7 Å². The fourth-order valence-electron chi connectivity index (χ4n) is 5.00. The summed E-state index contributed by atoms with van der Waals surface area (Å²) in [6, 6.07) is 22.2. The number of carbonyl (C=O) groups is 2. The number of fused-ring (bicyclic) bond motifs is 1. The van der Waals surface area contributed by atoms with Gasteiger partial charge in [0.25, 0.3) is 5.91 Å². The highest BCUT2D eigenvalue weighted by molar-refractivity contribution is 6.24. The molecule has 37 heavy (non-hydrogen) atoms. The molecule has 0 saturated carbocycles. The highest BCUT2D eigenvalue weighted by atomic mass is 16.7. The predicted octanol–water partition coefficient (Wildman–Crippen LogP) is 5.62. The third kappa shape index (κ3) is 4.67. The summed E-state index contributed by atoms with van der Waals surface area (Å²) in [5.41, 5.74) is 3.12. The van der Waals surface area contributed by atoms with E-state index in [1.807, 2.05) is 80.6 Å². The van der Waals surface area contributed by atoms with Gasteiger partial charge in [-0.2, -0.15) is 0 Å². The molecule has 5 rings (SSSR count). The van der Waals surface area contributed by atoms with Gasteiger partial charge in [0.1, 0.15) is 5.92 Å². The molecule has 2 heterocycles. The molecule has 7 heteroatoms. The molecule has 0 unspecified atom stereocenters. The SMILES string of the molecule is CCCCOc1ccc([C@H]2[C@@H]3C(=O)N(c4cccc(C)c4)C(=O)[C@@H]3ON2c2ccccc2)cc1OCC. The number of hydrogen-bond donors (Lipinski definition) is 0. The molecule has 7 nitrogen and oxygen atoms in total. The van der Waals surface area contributed by atoms with Crippen LogP contribution in [0.15, 0.2) is 72.8 Å². The molecule has 0 spiro atoms. The van der Waals surface area contributed by atoms with E-state index in [9.17, 15) is 9.59 Å². The van der Waals surface area contributed by atoms with E-state index >= 15 is 0 Å². The van der Waals surface area contributed by atoms with Crippen LogP contribution < -0.4 is 19.4 Å². The van der Waals surface area contributed by atoms with E-state index in [-0.39, 0.29) is 11.8 Å². The Labute approximate surface area is 217 Å². The van der Waals surface area contributed by atoms with Crippen LogP contribution in [-0.2, 0) is 14.4 Å². The van der Waals surface area contributed by atoms with Crippen LogP contribution in [0.5, 0.6) is 11.5 Å². The van der Waals surface area contributed by atoms with Crippen molar-refractivity contribution in [3.05, 3.63) is 83.9 Å². The van der Waals surface area contributed by atoms with Crippen molar-refractivity contribution < 1.29 is 23.9 Å². The fraction of sp³-hybridized carbons (Fsp3) is 0.333. The average Bonchev–Trinajstić information content (AvgIpc) is 3.41. The van der Waals surface area contributed by atoms with Crippen LogP contribution in [0.4, 0.5) is 11.4 Å². The smallest absolute Gasteiger partial charge is 0.266 e. The average molecular weight is 501 g/mol. The van der Waals surface area contributed by atoms with Crippen LogP contribution in [0.3, 0.4) is 0 Å². The molecule has 0 aliphatic carbocycles. The molecule has 2 aliphatic heterocycles. The highest BCUT2D eigenvalue weighted by Gasteiger charge is 2.60. The van der Waals surface area contributed by atoms with Crippen molar-refractivity contribution in [2.24, 2.45) is 5.92 Å². The van der Waals surface area contributed by atoms with Crippen molar-refractivity contribution in [3.63, 3.8) is 0 Å². The van der Waals surface area contributed by atoms with Gasteiger partial charge >= 0.3 is 0 Å². The second-order valence-electron chi connectivity index (χ2n) is 9.35. The summed E-state index contributed by atoms with van der Waals surface area (Å²) in [6.45, 7) is 7.05. The Morgan fingerprint density at radius 2 is 1.62 bits per heavy atom. The maximum absolute atomic E-state index is 13.9. The molecule has 3 aromatic rings. The summed E-state index contributed by atoms with van der Waals surface area (Å²) in [4.78, 5) is 34.9. The van der Waals surface area contributed by atoms with Crippen LogP contribution in [0.1, 0.15) is 43.9 Å². The first kappa shape index (κ1) is 24.8. The largest absolute Gasteiger partial charge is 0.490 e. The molecule has 3 aromatic carbocycles. The van der Waals surface area contributed by atoms with E-state index in [0.29, 0.717) is 30.4 Å². The van der Waals surface area contributed by atoms with Crippen molar-refractivity contribution in [2.45, 2.75) is 45.8 Å². The maximum Gasteiger partial charge on any atom is 0.266 e. The van der Waals surface area contributed by atoms with E-state index in [4.69, 9.17) is 14.3 Å². The number of hydroxylamine groups is 1. The lowest BCUT2D eigenvalue weighted by molar-refractivity contribution is -0.126. The molecule has 0 bridgehead atoms. The Morgan fingerprint density at radius 3 is 2.35 bits per heavy atom. The van der Waals surface area contributed by atoms with E-state index < -0.39 is 18.1 Å². The van der Waals surface area contributed by atoms with Crippen molar-refractivity contribution in [1.29, 1.82) is 0 Å². The fourth-order valence-corrected chi connectivity index (χ4v) is 5.00. The first-order chi connectivity index (χ1) is 18.0. The van der Waals surface area contributed by atoms with Gasteiger partial charge < -0.3 is 9.47 Å². The third-order valence-corrected chi connectivity index (χ3v) is 6.75.